The second-order valence-electron chi connectivity index (χ2n) is 10.8. The van der Waals surface area contributed by atoms with Gasteiger partial charge in [-0.2, -0.15) is 0 Å². The van der Waals surface area contributed by atoms with Crippen molar-refractivity contribution in [3.05, 3.63) is 119 Å². The molecule has 1 atom stereocenters. The third-order valence-electron chi connectivity index (χ3n) is 7.90. The summed E-state index contributed by atoms with van der Waals surface area (Å²) in [6, 6.07) is 23.1. The first-order valence-corrected chi connectivity index (χ1v) is 14.3. The molecular weight excluding hydrogens is 547 g/mol. The van der Waals surface area contributed by atoms with E-state index in [9.17, 15) is 14.0 Å². The molecule has 1 unspecified atom stereocenters. The fourth-order valence-corrected chi connectivity index (χ4v) is 5.85. The molecule has 8 rings (SSSR count). The van der Waals surface area contributed by atoms with Gasteiger partial charge in [0, 0.05) is 24.7 Å². The van der Waals surface area contributed by atoms with E-state index in [4.69, 9.17) is 9.47 Å². The Hall–Kier alpha value is -5.18. The number of pyridine rings is 1. The van der Waals surface area contributed by atoms with Crippen LogP contribution in [0.4, 0.5) is 4.39 Å². The molecule has 8 bridgehead atoms. The first kappa shape index (κ1) is 26.7. The van der Waals surface area contributed by atoms with E-state index in [2.05, 4.69) is 15.3 Å². The molecule has 43 heavy (non-hydrogen) atoms. The van der Waals surface area contributed by atoms with Crippen molar-refractivity contribution in [2.24, 2.45) is 0 Å². The Balaban J connectivity index is 1.30. The van der Waals surface area contributed by atoms with Crippen LogP contribution in [0.15, 0.2) is 85.1 Å². The molecule has 3 aliphatic rings. The smallest absolute Gasteiger partial charge is 0.271 e. The maximum atomic E-state index is 14.8. The third-order valence-corrected chi connectivity index (χ3v) is 7.90. The average molecular weight is 577 g/mol. The number of amides is 2. The van der Waals surface area contributed by atoms with E-state index in [1.807, 2.05) is 59.5 Å². The summed E-state index contributed by atoms with van der Waals surface area (Å²) in [5, 5.41) is 3.76. The van der Waals surface area contributed by atoms with Gasteiger partial charge in [-0.25, -0.2) is 9.37 Å². The predicted octanol–water partition coefficient (Wildman–Crippen LogP) is 5.72. The van der Waals surface area contributed by atoms with E-state index in [0.717, 1.165) is 22.1 Å². The number of fused-ring (bicyclic) bond motifs is 8. The Morgan fingerprint density at radius 2 is 1.93 bits per heavy atom. The molecule has 0 saturated carbocycles. The van der Waals surface area contributed by atoms with Gasteiger partial charge in [0.25, 0.3) is 5.91 Å². The first-order chi connectivity index (χ1) is 21.0. The normalized spacial score (nSPS) is 16.8. The monoisotopic (exact) mass is 576 g/mol. The van der Waals surface area contributed by atoms with Crippen molar-refractivity contribution < 1.29 is 23.5 Å². The number of nitrogens with zero attached hydrogens (tertiary/aromatic N) is 2. The fourth-order valence-electron chi connectivity index (χ4n) is 5.85. The van der Waals surface area contributed by atoms with Crippen molar-refractivity contribution in [3.63, 3.8) is 0 Å². The van der Waals surface area contributed by atoms with Gasteiger partial charge in [0.1, 0.15) is 22.8 Å². The molecule has 3 aliphatic heterocycles. The lowest BCUT2D eigenvalue weighted by molar-refractivity contribution is -0.120. The van der Waals surface area contributed by atoms with Crippen LogP contribution in [0, 0.1) is 5.82 Å². The highest BCUT2D eigenvalue weighted by molar-refractivity contribution is 5.97. The Morgan fingerprint density at radius 1 is 1.00 bits per heavy atom. The van der Waals surface area contributed by atoms with E-state index < -0.39 is 11.9 Å². The number of H-pyrrole nitrogens is 1. The number of hydrogen-bond acceptors (Lipinski definition) is 5. The first-order valence-electron chi connectivity index (χ1n) is 14.3. The van der Waals surface area contributed by atoms with Crippen LogP contribution in [0.2, 0.25) is 0 Å². The van der Waals surface area contributed by atoms with Gasteiger partial charge in [0.05, 0.1) is 19.1 Å². The SMILES string of the molecule is O=C1Cc2ccc(F)c(c2)Oc2ccc3c(c2)CCN(C(=O)c2cc4cccnc4[nH]2)C3c2cccc(c2)OCCCN1. The number of aromatic nitrogens is 2. The standard InChI is InChI=1S/C34H29FN4O4/c35-28-10-7-21-16-30(28)43-26-8-9-27-22(18-26)11-14-39(34(41)29-20-24-5-2-12-37-33(24)38-29)32(27)23-4-1-6-25(19-23)42-15-3-13-36-31(40)17-21/h1-2,4-10,12,16,18-20,32H,3,11,13-15,17H2,(H,36,40)(H,37,38). The number of benzene rings is 3. The molecule has 2 amide bonds. The van der Waals surface area contributed by atoms with Crippen molar-refractivity contribution in [1.82, 2.24) is 20.2 Å². The Labute approximate surface area is 247 Å². The van der Waals surface area contributed by atoms with Gasteiger partial charge in [-0.1, -0.05) is 24.3 Å². The number of carbonyl (C=O) groups is 2. The highest BCUT2D eigenvalue weighted by Crippen LogP contribution is 2.39. The number of halogens is 1. The minimum Gasteiger partial charge on any atom is -0.494 e. The zero-order valence-corrected chi connectivity index (χ0v) is 23.3. The Bertz CT molecular complexity index is 1820. The highest BCUT2D eigenvalue weighted by Gasteiger charge is 2.34. The molecule has 2 N–H and O–H groups in total. The lowest BCUT2D eigenvalue weighted by Gasteiger charge is -2.38. The summed E-state index contributed by atoms with van der Waals surface area (Å²) in [4.78, 5) is 35.9. The van der Waals surface area contributed by atoms with Gasteiger partial charge in [-0.15, -0.1) is 0 Å². The molecule has 3 aromatic carbocycles. The largest absolute Gasteiger partial charge is 0.494 e. The van der Waals surface area contributed by atoms with Crippen LogP contribution < -0.4 is 14.8 Å². The summed E-state index contributed by atoms with van der Waals surface area (Å²) in [6.45, 7) is 1.32. The van der Waals surface area contributed by atoms with Crippen LogP contribution in [0.1, 0.15) is 45.2 Å². The molecule has 0 fully saturated rings. The van der Waals surface area contributed by atoms with E-state index in [1.165, 1.54) is 6.07 Å². The molecule has 0 aliphatic carbocycles. The molecule has 8 nitrogen and oxygen atoms in total. The second kappa shape index (κ2) is 11.2. The van der Waals surface area contributed by atoms with Gasteiger partial charge in [0.2, 0.25) is 5.91 Å². The van der Waals surface area contributed by atoms with Crippen molar-refractivity contribution in [3.8, 4) is 17.2 Å². The molecule has 2 aromatic heterocycles. The van der Waals surface area contributed by atoms with E-state index in [-0.39, 0.29) is 24.0 Å². The van der Waals surface area contributed by atoms with Gasteiger partial charge in [-0.05, 0) is 89.7 Å². The van der Waals surface area contributed by atoms with E-state index in [0.29, 0.717) is 60.9 Å². The van der Waals surface area contributed by atoms with Crippen LogP contribution in [0.25, 0.3) is 11.0 Å². The van der Waals surface area contributed by atoms with Crippen LogP contribution >= 0.6 is 0 Å². The molecule has 0 radical (unpaired) electrons. The molecule has 5 aromatic rings. The number of carbonyl (C=O) groups excluding carboxylic acids is 2. The summed E-state index contributed by atoms with van der Waals surface area (Å²) < 4.78 is 26.8. The quantitative estimate of drug-likeness (QED) is 0.266. The van der Waals surface area contributed by atoms with Crippen molar-refractivity contribution in [2.75, 3.05) is 19.7 Å². The van der Waals surface area contributed by atoms with Gasteiger partial charge < -0.3 is 24.7 Å². The van der Waals surface area contributed by atoms with Gasteiger partial charge in [-0.3, -0.25) is 9.59 Å². The molecule has 0 spiro atoms. The van der Waals surface area contributed by atoms with Crippen molar-refractivity contribution in [2.45, 2.75) is 25.3 Å². The maximum absolute atomic E-state index is 14.8. The number of aromatic amines is 1. The lowest BCUT2D eigenvalue weighted by atomic mass is 9.87. The molecule has 5 heterocycles. The maximum Gasteiger partial charge on any atom is 0.271 e. The zero-order valence-electron chi connectivity index (χ0n) is 23.3. The van der Waals surface area contributed by atoms with Crippen LogP contribution in [0.5, 0.6) is 17.2 Å². The zero-order chi connectivity index (χ0) is 29.3. The molecule has 9 heteroatoms. The van der Waals surface area contributed by atoms with Gasteiger partial charge in [0.15, 0.2) is 11.6 Å². The van der Waals surface area contributed by atoms with E-state index in [1.54, 1.807) is 24.4 Å². The summed E-state index contributed by atoms with van der Waals surface area (Å²) in [5.74, 6) is 0.420. The van der Waals surface area contributed by atoms with Crippen LogP contribution in [0.3, 0.4) is 0 Å². The Kier molecular flexibility index (Phi) is 6.98. The molecule has 216 valence electrons. The predicted molar refractivity (Wildman–Crippen MR) is 159 cm³/mol. The van der Waals surface area contributed by atoms with Crippen LogP contribution in [-0.4, -0.2) is 46.4 Å². The molecular formula is C34H29FN4O4. The summed E-state index contributed by atoms with van der Waals surface area (Å²) in [7, 11) is 0. The topological polar surface area (TPSA) is 96.5 Å². The number of nitrogens with one attached hydrogen (secondary N) is 2. The summed E-state index contributed by atoms with van der Waals surface area (Å²) in [6.07, 6.45) is 3.01. The van der Waals surface area contributed by atoms with Crippen LogP contribution in [-0.2, 0) is 17.6 Å². The third kappa shape index (κ3) is 5.41. The minimum atomic E-state index is -0.510. The average Bonchev–Trinajstić information content (AvgIpc) is 3.46. The molecule has 0 saturated heterocycles. The fraction of sp³-hybridized carbons (Fsp3) is 0.206. The number of ether oxygens (including phenoxy) is 2. The highest BCUT2D eigenvalue weighted by atomic mass is 19.1. The van der Waals surface area contributed by atoms with E-state index >= 15 is 0 Å². The Morgan fingerprint density at radius 3 is 2.84 bits per heavy atom. The number of rotatable bonds is 1. The van der Waals surface area contributed by atoms with Crippen molar-refractivity contribution in [1.29, 1.82) is 0 Å². The summed E-state index contributed by atoms with van der Waals surface area (Å²) >= 11 is 0. The second-order valence-corrected chi connectivity index (χ2v) is 10.8. The number of hydrogen-bond donors (Lipinski definition) is 2. The summed E-state index contributed by atoms with van der Waals surface area (Å²) in [5.41, 5.74) is 4.65. The lowest BCUT2D eigenvalue weighted by Crippen LogP contribution is -2.40. The minimum absolute atomic E-state index is 0.0563. The van der Waals surface area contributed by atoms with Gasteiger partial charge >= 0.3 is 0 Å². The van der Waals surface area contributed by atoms with Crippen molar-refractivity contribution >= 4 is 22.8 Å².